The summed E-state index contributed by atoms with van der Waals surface area (Å²) in [5.74, 6) is 0. The molecule has 0 saturated heterocycles. The van der Waals surface area contributed by atoms with E-state index in [9.17, 15) is 0 Å². The molecule has 50 valence electrons. The van der Waals surface area contributed by atoms with E-state index in [0.717, 1.165) is 0 Å². The van der Waals surface area contributed by atoms with Crippen molar-refractivity contribution in [1.29, 1.82) is 0 Å². The van der Waals surface area contributed by atoms with Crippen molar-refractivity contribution >= 4 is 0 Å². The van der Waals surface area contributed by atoms with E-state index in [2.05, 4.69) is 0 Å². The Morgan fingerprint density at radius 1 is 0.222 bits per heavy atom. The molecule has 0 amide bonds. The van der Waals surface area contributed by atoms with Gasteiger partial charge in [-0.25, -0.2) is 0 Å². The Morgan fingerprint density at radius 2 is 0.222 bits per heavy atom. The van der Waals surface area contributed by atoms with Crippen LogP contribution in [0.25, 0.3) is 0 Å². The summed E-state index contributed by atoms with van der Waals surface area (Å²) < 4.78 is 0. The van der Waals surface area contributed by atoms with Crippen LogP contribution in [0.4, 0.5) is 0 Å². The van der Waals surface area contributed by atoms with E-state index < -0.39 is 0 Å². The van der Waals surface area contributed by atoms with Crippen molar-refractivity contribution in [1.82, 2.24) is 0 Å². The van der Waals surface area contributed by atoms with Crippen molar-refractivity contribution in [3.8, 4) is 0 Å². The van der Waals surface area contributed by atoms with Gasteiger partial charge in [0.2, 0.25) is 0 Å². The van der Waals surface area contributed by atoms with Gasteiger partial charge in [-0.3, -0.25) is 0 Å². The second-order valence-corrected chi connectivity index (χ2v) is 0. The minimum atomic E-state index is 0. The second-order valence-electron chi connectivity index (χ2n) is 0. The molecular weight excluding hydrogens is 546 g/mol. The molecule has 0 atom stereocenters. The van der Waals surface area contributed by atoms with Crippen LogP contribution in [0, 0.1) is 0 Å². The molecule has 0 bridgehead atoms. The standard InChI is InChI=1S/7Cr.2Zr. The van der Waals surface area contributed by atoms with Crippen molar-refractivity contribution in [2.24, 2.45) is 0 Å². The summed E-state index contributed by atoms with van der Waals surface area (Å²) in [6.45, 7) is 0. The zero-order chi connectivity index (χ0) is 0. The van der Waals surface area contributed by atoms with E-state index >= 15 is 0 Å². The molecule has 0 unspecified atom stereocenters. The topological polar surface area (TPSA) is 0 Å². The molecule has 0 heterocycles. The minimum absolute atomic E-state index is 0. The van der Waals surface area contributed by atoms with Crippen LogP contribution in [0.3, 0.4) is 0 Å². The molecule has 0 nitrogen and oxygen atoms in total. The van der Waals surface area contributed by atoms with Crippen LogP contribution in [-0.4, -0.2) is 0 Å². The van der Waals surface area contributed by atoms with Gasteiger partial charge >= 0.3 is 0 Å². The molecule has 9 heteroatoms. The predicted molar refractivity (Wildman–Crippen MR) is 0 cm³/mol. The van der Waals surface area contributed by atoms with E-state index in [-0.39, 0.29) is 174 Å². The average Bonchev–Trinajstić information content (AvgIpc) is 0. The summed E-state index contributed by atoms with van der Waals surface area (Å²) in [6.07, 6.45) is 0. The van der Waals surface area contributed by atoms with Gasteiger partial charge in [-0.2, -0.15) is 0 Å². The van der Waals surface area contributed by atoms with Crippen molar-refractivity contribution in [3.05, 3.63) is 0 Å². The first-order valence-electron chi connectivity index (χ1n) is 0. The monoisotopic (exact) mass is 543 g/mol. The van der Waals surface area contributed by atoms with E-state index in [1.54, 1.807) is 0 Å². The van der Waals surface area contributed by atoms with Gasteiger partial charge in [0.05, 0.1) is 0 Å². The van der Waals surface area contributed by atoms with Gasteiger partial charge in [-0.1, -0.05) is 0 Å². The number of hydrogen-bond acceptors (Lipinski definition) is 0. The molecule has 0 aromatic heterocycles. The van der Waals surface area contributed by atoms with Crippen LogP contribution in [-0.2, 0) is 174 Å². The van der Waals surface area contributed by atoms with Gasteiger partial charge in [-0.15, -0.1) is 0 Å². The van der Waals surface area contributed by atoms with Gasteiger partial charge in [-0.05, 0) is 0 Å². The van der Waals surface area contributed by atoms with Crippen molar-refractivity contribution in [3.63, 3.8) is 0 Å². The molecule has 0 fully saturated rings. The Balaban J connectivity index is 0. The van der Waals surface area contributed by atoms with Crippen molar-refractivity contribution in [2.45, 2.75) is 0 Å². The van der Waals surface area contributed by atoms with E-state index in [1.807, 2.05) is 0 Å². The molecule has 0 aliphatic rings. The van der Waals surface area contributed by atoms with E-state index in [0.29, 0.717) is 0 Å². The first-order chi connectivity index (χ1) is 0. The minimum Gasteiger partial charge on any atom is 0 e. The summed E-state index contributed by atoms with van der Waals surface area (Å²) in [4.78, 5) is 0. The molecule has 0 spiro atoms. The molecule has 9 heavy (non-hydrogen) atoms. The zero-order valence-corrected chi connectivity index (χ0v) is 17.7. The van der Waals surface area contributed by atoms with Gasteiger partial charge in [0, 0.05) is 174 Å². The maximum Gasteiger partial charge on any atom is 0 e. The molecule has 0 aliphatic heterocycles. The van der Waals surface area contributed by atoms with Crippen LogP contribution in [0.1, 0.15) is 0 Å². The van der Waals surface area contributed by atoms with E-state index in [4.69, 9.17) is 0 Å². The second kappa shape index (κ2) is 69.8. The SMILES string of the molecule is [Cr].[Cr].[Cr].[Cr].[Cr].[Cr].[Cr].[Zr].[Zr]. The maximum absolute atomic E-state index is 0. The van der Waals surface area contributed by atoms with Gasteiger partial charge < -0.3 is 0 Å². The predicted octanol–water partition coefficient (Wildman–Crippen LogP) is -0.0225. The fourth-order valence-electron chi connectivity index (χ4n) is 0. The van der Waals surface area contributed by atoms with Crippen molar-refractivity contribution in [2.75, 3.05) is 0 Å². The summed E-state index contributed by atoms with van der Waals surface area (Å²) in [5, 5.41) is 0. The first-order valence-corrected chi connectivity index (χ1v) is 0. The third-order valence-electron chi connectivity index (χ3n) is 0. The fourth-order valence-corrected chi connectivity index (χ4v) is 0. The van der Waals surface area contributed by atoms with Gasteiger partial charge in [0.25, 0.3) is 0 Å². The Hall–Kier alpha value is 5.49. The van der Waals surface area contributed by atoms with Gasteiger partial charge in [0.1, 0.15) is 0 Å². The van der Waals surface area contributed by atoms with Crippen LogP contribution in [0.5, 0.6) is 0 Å². The summed E-state index contributed by atoms with van der Waals surface area (Å²) in [5.41, 5.74) is 0. The third-order valence-corrected chi connectivity index (χ3v) is 0. The zero-order valence-electron chi connectivity index (χ0n) is 3.86. The summed E-state index contributed by atoms with van der Waals surface area (Å²) >= 11 is 0. The number of rotatable bonds is 0. The summed E-state index contributed by atoms with van der Waals surface area (Å²) in [7, 11) is 0. The van der Waals surface area contributed by atoms with Crippen molar-refractivity contribution < 1.29 is 174 Å². The smallest absolute Gasteiger partial charge is 0 e. The molecule has 0 saturated carbocycles. The van der Waals surface area contributed by atoms with Crippen LogP contribution < -0.4 is 0 Å². The molecule has 0 aliphatic carbocycles. The Kier molecular flexibility index (Phi) is 678. The van der Waals surface area contributed by atoms with Gasteiger partial charge in [0.15, 0.2) is 0 Å². The van der Waals surface area contributed by atoms with Crippen LogP contribution >= 0.6 is 0 Å². The Labute approximate surface area is 170 Å². The first kappa shape index (κ1) is 87.4. The average molecular weight is 546 g/mol. The fraction of sp³-hybridized carbons (Fsp3) is 0. The molecule has 0 N–H and O–H groups in total. The van der Waals surface area contributed by atoms with Crippen LogP contribution in [0.2, 0.25) is 0 Å². The molecular formula is Cr7Zr2. The quantitative estimate of drug-likeness (QED) is 0.401. The largest absolute Gasteiger partial charge is 0 e. The Morgan fingerprint density at radius 3 is 0.222 bits per heavy atom. The molecule has 0 aromatic carbocycles. The maximum atomic E-state index is 0. The third kappa shape index (κ3) is 59.1. The molecule has 0 rings (SSSR count). The Bertz CT molecular complexity index is 6.88. The molecule has 0 radical (unpaired) electrons. The van der Waals surface area contributed by atoms with E-state index in [1.165, 1.54) is 0 Å². The number of hydrogen-bond donors (Lipinski definition) is 0. The molecule has 0 aromatic rings. The van der Waals surface area contributed by atoms with Crippen LogP contribution in [0.15, 0.2) is 0 Å². The normalized spacial score (nSPS) is 0. The summed E-state index contributed by atoms with van der Waals surface area (Å²) in [6, 6.07) is 0.